The molecule has 0 aliphatic carbocycles. The average molecular weight is 539 g/mol. The van der Waals surface area contributed by atoms with Crippen molar-refractivity contribution in [3.05, 3.63) is 77.3 Å². The second kappa shape index (κ2) is 10.9. The van der Waals surface area contributed by atoms with Gasteiger partial charge in [-0.1, -0.05) is 39.0 Å². The Hall–Kier alpha value is -4.58. The van der Waals surface area contributed by atoms with Crippen molar-refractivity contribution in [1.82, 2.24) is 19.0 Å². The number of nitrogens with zero attached hydrogens (tertiary/aromatic N) is 5. The lowest BCUT2D eigenvalue weighted by atomic mass is 9.84. The van der Waals surface area contributed by atoms with Gasteiger partial charge < -0.3 is 15.4 Å². The molecule has 0 radical (unpaired) electrons. The van der Waals surface area contributed by atoms with Gasteiger partial charge in [-0.3, -0.25) is 13.9 Å². The van der Waals surface area contributed by atoms with E-state index in [1.165, 1.54) is 0 Å². The summed E-state index contributed by atoms with van der Waals surface area (Å²) in [6, 6.07) is 20.5. The number of carbonyl (C=O) groups excluding carboxylic acids is 1. The lowest BCUT2D eigenvalue weighted by Gasteiger charge is -2.35. The summed E-state index contributed by atoms with van der Waals surface area (Å²) in [5.74, 6) is 0.718. The van der Waals surface area contributed by atoms with Crippen LogP contribution in [0.2, 0.25) is 0 Å². The van der Waals surface area contributed by atoms with Crippen molar-refractivity contribution in [3.8, 4) is 23.3 Å². The Morgan fingerprint density at radius 2 is 1.82 bits per heavy atom. The van der Waals surface area contributed by atoms with E-state index in [1.807, 2.05) is 75.4 Å². The monoisotopic (exact) mass is 538 g/mol. The van der Waals surface area contributed by atoms with Crippen LogP contribution in [0, 0.1) is 22.7 Å². The number of nitrogen functional groups attached to an aromatic ring is 1. The van der Waals surface area contributed by atoms with E-state index >= 15 is 0 Å². The number of nitrogens with two attached hydrogens (primary N) is 1. The summed E-state index contributed by atoms with van der Waals surface area (Å²) in [6.45, 7) is 6.99. The highest BCUT2D eigenvalue weighted by Gasteiger charge is 2.33. The van der Waals surface area contributed by atoms with Crippen molar-refractivity contribution in [1.29, 1.82) is 5.26 Å². The summed E-state index contributed by atoms with van der Waals surface area (Å²) in [7, 11) is 0. The zero-order valence-electron chi connectivity index (χ0n) is 23.1. The molecule has 2 aromatic heterocycles. The lowest BCUT2D eigenvalue weighted by Crippen LogP contribution is -2.45. The highest BCUT2D eigenvalue weighted by molar-refractivity contribution is 5.87. The predicted octanol–water partition coefficient (Wildman–Crippen LogP) is 5.30. The van der Waals surface area contributed by atoms with E-state index in [-0.39, 0.29) is 28.9 Å². The Labute approximate surface area is 233 Å². The molecule has 9 nitrogen and oxygen atoms in total. The Balaban J connectivity index is 1.48. The molecule has 2 aromatic carbocycles. The molecule has 0 saturated carbocycles. The summed E-state index contributed by atoms with van der Waals surface area (Å²) in [5.41, 5.74) is 7.73. The number of hydrogen-bond acceptors (Lipinski definition) is 6. The normalized spacial score (nSPS) is 16.4. The second-order valence-electron chi connectivity index (χ2n) is 11.5. The highest BCUT2D eigenvalue weighted by atomic mass is 16.5. The molecule has 1 aliphatic rings. The molecular weight excluding hydrogens is 504 g/mol. The van der Waals surface area contributed by atoms with Crippen LogP contribution in [0.5, 0.6) is 11.5 Å². The molecular formula is C31H34N6O3. The molecule has 1 aliphatic heterocycles. The van der Waals surface area contributed by atoms with E-state index in [0.717, 1.165) is 18.6 Å². The zero-order valence-corrected chi connectivity index (χ0v) is 23.1. The van der Waals surface area contributed by atoms with Gasteiger partial charge in [0.15, 0.2) is 0 Å². The highest BCUT2D eigenvalue weighted by Crippen LogP contribution is 2.31. The topological polar surface area (TPSA) is 119 Å². The molecule has 5 rings (SSSR count). The summed E-state index contributed by atoms with van der Waals surface area (Å²) in [4.78, 5) is 33.4. The Kier molecular flexibility index (Phi) is 7.35. The van der Waals surface area contributed by atoms with Gasteiger partial charge in [0.05, 0.1) is 23.3 Å². The fourth-order valence-electron chi connectivity index (χ4n) is 5.46. The molecule has 1 unspecified atom stereocenters. The Morgan fingerprint density at radius 3 is 2.50 bits per heavy atom. The number of amides is 1. The van der Waals surface area contributed by atoms with Crippen molar-refractivity contribution < 1.29 is 9.53 Å². The third-order valence-electron chi connectivity index (χ3n) is 7.23. The van der Waals surface area contributed by atoms with Crippen LogP contribution in [0.4, 0.5) is 5.82 Å². The molecule has 2 N–H and O–H groups in total. The van der Waals surface area contributed by atoms with Crippen LogP contribution in [0.15, 0.2) is 71.7 Å². The smallest absolute Gasteiger partial charge is 0.334 e. The van der Waals surface area contributed by atoms with Crippen LogP contribution >= 0.6 is 0 Å². The number of nitriles is 1. The first-order valence-electron chi connectivity index (χ1n) is 13.6. The van der Waals surface area contributed by atoms with Gasteiger partial charge in [0.25, 0.3) is 0 Å². The van der Waals surface area contributed by atoms with Crippen LogP contribution in [-0.2, 0) is 4.79 Å². The van der Waals surface area contributed by atoms with Gasteiger partial charge in [0, 0.05) is 19.3 Å². The van der Waals surface area contributed by atoms with Crippen LogP contribution in [0.3, 0.4) is 0 Å². The number of imidazole rings is 1. The molecule has 3 heterocycles. The maximum absolute atomic E-state index is 14.0. The van der Waals surface area contributed by atoms with Crippen molar-refractivity contribution in [2.45, 2.75) is 46.1 Å². The van der Waals surface area contributed by atoms with E-state index in [4.69, 9.17) is 10.5 Å². The minimum absolute atomic E-state index is 0.151. The minimum atomic E-state index is -0.715. The van der Waals surface area contributed by atoms with E-state index in [0.29, 0.717) is 42.0 Å². The van der Waals surface area contributed by atoms with Gasteiger partial charge in [0.1, 0.15) is 28.8 Å². The number of para-hydroxylation sites is 1. The number of anilines is 1. The molecule has 0 bridgehead atoms. The van der Waals surface area contributed by atoms with Gasteiger partial charge in [-0.2, -0.15) is 5.26 Å². The molecule has 206 valence electrons. The Morgan fingerprint density at radius 1 is 1.12 bits per heavy atom. The number of fused-ring (bicyclic) bond motifs is 1. The number of hydrogen-bond donors (Lipinski definition) is 1. The summed E-state index contributed by atoms with van der Waals surface area (Å²) < 4.78 is 9.21. The molecule has 0 spiro atoms. The first-order chi connectivity index (χ1) is 19.2. The number of carbonyl (C=O) groups is 1. The quantitative estimate of drug-likeness (QED) is 0.356. The maximum Gasteiger partial charge on any atom is 0.334 e. The number of pyridine rings is 1. The van der Waals surface area contributed by atoms with Crippen molar-refractivity contribution in [2.75, 3.05) is 18.8 Å². The third-order valence-corrected chi connectivity index (χ3v) is 7.23. The number of piperidine rings is 1. The molecule has 4 aromatic rings. The average Bonchev–Trinajstić information content (AvgIpc) is 3.25. The van der Waals surface area contributed by atoms with Crippen LogP contribution in [0.25, 0.3) is 16.7 Å². The first-order valence-corrected chi connectivity index (χ1v) is 13.6. The summed E-state index contributed by atoms with van der Waals surface area (Å²) in [6.07, 6.45) is 3.53. The van der Waals surface area contributed by atoms with Gasteiger partial charge in [0.2, 0.25) is 5.91 Å². The molecule has 40 heavy (non-hydrogen) atoms. The number of benzene rings is 2. The van der Waals surface area contributed by atoms with Gasteiger partial charge in [-0.15, -0.1) is 0 Å². The standard InChI is InChI=1S/C31H34N6O3/c1-31(2,3)18-21(19-32)29(38)35-17-7-8-23(20-35)36-26-15-16-34-28(33)27(26)37(30(36)39)22-11-13-25(14-12-22)40-24-9-5-4-6-10-24/h4-6,9-16,21,23H,7-8,17-18,20H2,1-3H3,(H2,33,34)/t21?,23-/m1/s1. The van der Waals surface area contributed by atoms with E-state index in [1.54, 1.807) is 26.3 Å². The number of aromatic nitrogens is 3. The van der Waals surface area contributed by atoms with Crippen molar-refractivity contribution >= 4 is 22.8 Å². The minimum Gasteiger partial charge on any atom is -0.457 e. The third kappa shape index (κ3) is 5.43. The second-order valence-corrected chi connectivity index (χ2v) is 11.5. The summed E-state index contributed by atoms with van der Waals surface area (Å²) >= 11 is 0. The lowest BCUT2D eigenvalue weighted by molar-refractivity contribution is -0.136. The number of rotatable bonds is 6. The largest absolute Gasteiger partial charge is 0.457 e. The molecule has 1 saturated heterocycles. The van der Waals surface area contributed by atoms with Gasteiger partial charge >= 0.3 is 5.69 Å². The fraction of sp³-hybridized carbons (Fsp3) is 0.355. The van der Waals surface area contributed by atoms with Crippen LogP contribution < -0.4 is 16.2 Å². The van der Waals surface area contributed by atoms with E-state index < -0.39 is 5.92 Å². The first kappa shape index (κ1) is 27.0. The van der Waals surface area contributed by atoms with E-state index in [2.05, 4.69) is 11.1 Å². The fourth-order valence-corrected chi connectivity index (χ4v) is 5.46. The van der Waals surface area contributed by atoms with Gasteiger partial charge in [-0.25, -0.2) is 9.78 Å². The summed E-state index contributed by atoms with van der Waals surface area (Å²) in [5, 5.41) is 9.74. The Bertz CT molecular complexity index is 1610. The molecule has 1 fully saturated rings. The zero-order chi connectivity index (χ0) is 28.4. The van der Waals surface area contributed by atoms with Crippen molar-refractivity contribution in [3.63, 3.8) is 0 Å². The van der Waals surface area contributed by atoms with Crippen LogP contribution in [0.1, 0.15) is 46.1 Å². The SMILES string of the molecule is CC(C)(C)CC(C#N)C(=O)N1CCC[C@@H](n2c(=O)n(-c3ccc(Oc4ccccc4)cc3)c3c(N)nccc32)C1. The molecule has 1 amide bonds. The van der Waals surface area contributed by atoms with Crippen molar-refractivity contribution in [2.24, 2.45) is 11.3 Å². The molecule has 2 atom stereocenters. The van der Waals surface area contributed by atoms with Gasteiger partial charge in [-0.05, 0) is 67.1 Å². The molecule has 9 heteroatoms. The number of ether oxygens (including phenoxy) is 1. The maximum atomic E-state index is 14.0. The predicted molar refractivity (Wildman–Crippen MR) is 154 cm³/mol. The number of likely N-dealkylation sites (tertiary alicyclic amines) is 1. The van der Waals surface area contributed by atoms with Crippen LogP contribution in [-0.4, -0.2) is 38.0 Å². The van der Waals surface area contributed by atoms with E-state index in [9.17, 15) is 14.9 Å².